The van der Waals surface area contributed by atoms with E-state index in [4.69, 9.17) is 21.1 Å². The lowest BCUT2D eigenvalue weighted by Gasteiger charge is -2.17. The molecular formula is C17H23ClN2O4. The van der Waals surface area contributed by atoms with Crippen LogP contribution < -0.4 is 20.1 Å². The lowest BCUT2D eigenvalue weighted by atomic mass is 9.96. The van der Waals surface area contributed by atoms with E-state index in [0.29, 0.717) is 36.3 Å². The van der Waals surface area contributed by atoms with Crippen molar-refractivity contribution >= 4 is 23.4 Å². The van der Waals surface area contributed by atoms with Crippen LogP contribution in [0.4, 0.5) is 0 Å². The summed E-state index contributed by atoms with van der Waals surface area (Å²) in [5.74, 6) is 0.694. The zero-order valence-corrected chi connectivity index (χ0v) is 15.0. The van der Waals surface area contributed by atoms with Gasteiger partial charge in [0.15, 0.2) is 11.5 Å². The first kappa shape index (κ1) is 18.4. The SMILES string of the molecule is CC(C)(C)C(=O)NCC(=O)NCc1cc(Cl)c2c(c1)OCCCO2. The Hall–Kier alpha value is -1.95. The van der Waals surface area contributed by atoms with Crippen molar-refractivity contribution < 1.29 is 19.1 Å². The summed E-state index contributed by atoms with van der Waals surface area (Å²) in [6.45, 7) is 6.74. The smallest absolute Gasteiger partial charge is 0.239 e. The molecule has 0 fully saturated rings. The number of ether oxygens (including phenoxy) is 2. The second kappa shape index (κ2) is 7.75. The molecule has 2 rings (SSSR count). The highest BCUT2D eigenvalue weighted by Crippen LogP contribution is 2.37. The van der Waals surface area contributed by atoms with Crippen LogP contribution in [0.3, 0.4) is 0 Å². The quantitative estimate of drug-likeness (QED) is 0.869. The van der Waals surface area contributed by atoms with Crippen LogP contribution >= 0.6 is 11.6 Å². The highest BCUT2D eigenvalue weighted by molar-refractivity contribution is 6.32. The molecule has 1 aromatic carbocycles. The van der Waals surface area contributed by atoms with Gasteiger partial charge in [-0.3, -0.25) is 9.59 Å². The van der Waals surface area contributed by atoms with Gasteiger partial charge in [0.05, 0.1) is 24.8 Å². The molecule has 0 aliphatic carbocycles. The molecule has 7 heteroatoms. The largest absolute Gasteiger partial charge is 0.489 e. The van der Waals surface area contributed by atoms with Gasteiger partial charge in [0, 0.05) is 18.4 Å². The van der Waals surface area contributed by atoms with Crippen molar-refractivity contribution in [1.29, 1.82) is 0 Å². The molecule has 1 heterocycles. The molecule has 2 amide bonds. The standard InChI is InChI=1S/C17H23ClN2O4/c1-17(2,3)16(22)20-10-14(21)19-9-11-7-12(18)15-13(8-11)23-5-4-6-24-15/h7-8H,4-6,9-10H2,1-3H3,(H,19,21)(H,20,22). The molecule has 0 bridgehead atoms. The van der Waals surface area contributed by atoms with Crippen LogP contribution in [0, 0.1) is 5.41 Å². The first-order valence-corrected chi connectivity index (χ1v) is 8.28. The number of rotatable bonds is 4. The molecule has 1 aliphatic rings. The third-order valence-electron chi connectivity index (χ3n) is 3.44. The number of hydrogen-bond donors (Lipinski definition) is 2. The zero-order valence-electron chi connectivity index (χ0n) is 14.2. The van der Waals surface area contributed by atoms with E-state index in [1.54, 1.807) is 32.9 Å². The minimum atomic E-state index is -0.526. The molecule has 2 N–H and O–H groups in total. The number of nitrogens with one attached hydrogen (secondary N) is 2. The molecule has 0 unspecified atom stereocenters. The van der Waals surface area contributed by atoms with Crippen LogP contribution in [0.1, 0.15) is 32.8 Å². The summed E-state index contributed by atoms with van der Waals surface area (Å²) in [5.41, 5.74) is 0.280. The molecule has 0 saturated heterocycles. The molecule has 0 radical (unpaired) electrons. The maximum atomic E-state index is 11.9. The Kier molecular flexibility index (Phi) is 5.94. The van der Waals surface area contributed by atoms with Crippen molar-refractivity contribution in [2.75, 3.05) is 19.8 Å². The lowest BCUT2D eigenvalue weighted by molar-refractivity contribution is -0.131. The van der Waals surface area contributed by atoms with Crippen molar-refractivity contribution in [2.45, 2.75) is 33.7 Å². The number of amides is 2. The summed E-state index contributed by atoms with van der Waals surface area (Å²) in [4.78, 5) is 23.6. The van der Waals surface area contributed by atoms with E-state index in [-0.39, 0.29) is 18.4 Å². The molecule has 24 heavy (non-hydrogen) atoms. The Morgan fingerprint density at radius 1 is 1.17 bits per heavy atom. The van der Waals surface area contributed by atoms with Crippen molar-refractivity contribution in [3.8, 4) is 11.5 Å². The van der Waals surface area contributed by atoms with E-state index < -0.39 is 5.41 Å². The summed E-state index contributed by atoms with van der Waals surface area (Å²) in [5, 5.41) is 5.81. The van der Waals surface area contributed by atoms with Gasteiger partial charge in [-0.2, -0.15) is 0 Å². The number of hydrogen-bond acceptors (Lipinski definition) is 4. The molecule has 132 valence electrons. The third kappa shape index (κ3) is 5.03. The van der Waals surface area contributed by atoms with Gasteiger partial charge in [-0.25, -0.2) is 0 Å². The fraction of sp³-hybridized carbons (Fsp3) is 0.529. The Morgan fingerprint density at radius 2 is 1.88 bits per heavy atom. The second-order valence-corrected chi connectivity index (χ2v) is 7.07. The van der Waals surface area contributed by atoms with Gasteiger partial charge >= 0.3 is 0 Å². The summed E-state index contributed by atoms with van der Waals surface area (Å²) < 4.78 is 11.2. The molecule has 1 aromatic rings. The van der Waals surface area contributed by atoms with E-state index in [9.17, 15) is 9.59 Å². The van der Waals surface area contributed by atoms with E-state index in [2.05, 4.69) is 10.6 Å². The van der Waals surface area contributed by atoms with Crippen LogP contribution in [0.15, 0.2) is 12.1 Å². The van der Waals surface area contributed by atoms with Gasteiger partial charge in [-0.1, -0.05) is 32.4 Å². The van der Waals surface area contributed by atoms with Crippen LogP contribution in [-0.2, 0) is 16.1 Å². The first-order chi connectivity index (χ1) is 11.3. The molecule has 0 atom stereocenters. The minimum Gasteiger partial charge on any atom is -0.489 e. The van der Waals surface area contributed by atoms with E-state index in [1.165, 1.54) is 0 Å². The maximum absolute atomic E-state index is 11.9. The Bertz CT molecular complexity index is 626. The zero-order chi connectivity index (χ0) is 17.7. The Labute approximate surface area is 146 Å². The van der Waals surface area contributed by atoms with Crippen molar-refractivity contribution in [2.24, 2.45) is 5.41 Å². The highest BCUT2D eigenvalue weighted by atomic mass is 35.5. The van der Waals surface area contributed by atoms with Crippen LogP contribution in [-0.4, -0.2) is 31.6 Å². The van der Waals surface area contributed by atoms with Gasteiger partial charge in [0.2, 0.25) is 11.8 Å². The number of carbonyl (C=O) groups is 2. The molecule has 0 saturated carbocycles. The Morgan fingerprint density at radius 3 is 2.58 bits per heavy atom. The monoisotopic (exact) mass is 354 g/mol. The van der Waals surface area contributed by atoms with E-state index in [0.717, 1.165) is 12.0 Å². The van der Waals surface area contributed by atoms with Gasteiger partial charge in [-0.05, 0) is 17.7 Å². The number of halogens is 1. The van der Waals surface area contributed by atoms with Crippen LogP contribution in [0.5, 0.6) is 11.5 Å². The van der Waals surface area contributed by atoms with Gasteiger partial charge in [-0.15, -0.1) is 0 Å². The van der Waals surface area contributed by atoms with Crippen LogP contribution in [0.2, 0.25) is 5.02 Å². The van der Waals surface area contributed by atoms with Crippen molar-refractivity contribution in [3.05, 3.63) is 22.7 Å². The van der Waals surface area contributed by atoms with E-state index in [1.807, 2.05) is 0 Å². The maximum Gasteiger partial charge on any atom is 0.239 e. The molecule has 0 spiro atoms. The summed E-state index contributed by atoms with van der Waals surface area (Å²) >= 11 is 6.21. The third-order valence-corrected chi connectivity index (χ3v) is 3.72. The molecular weight excluding hydrogens is 332 g/mol. The predicted octanol–water partition coefficient (Wildman–Crippen LogP) is 2.28. The summed E-state index contributed by atoms with van der Waals surface area (Å²) in [6.07, 6.45) is 0.796. The average molecular weight is 355 g/mol. The number of fused-ring (bicyclic) bond motifs is 1. The van der Waals surface area contributed by atoms with Gasteiger partial charge in [0.1, 0.15) is 0 Å². The minimum absolute atomic E-state index is 0.0611. The fourth-order valence-electron chi connectivity index (χ4n) is 2.08. The molecule has 1 aliphatic heterocycles. The highest BCUT2D eigenvalue weighted by Gasteiger charge is 2.21. The Balaban J connectivity index is 1.90. The topological polar surface area (TPSA) is 76.7 Å². The summed E-state index contributed by atoms with van der Waals surface area (Å²) in [7, 11) is 0. The lowest BCUT2D eigenvalue weighted by Crippen LogP contribution is -2.41. The first-order valence-electron chi connectivity index (χ1n) is 7.90. The van der Waals surface area contributed by atoms with E-state index >= 15 is 0 Å². The van der Waals surface area contributed by atoms with Gasteiger partial charge in [0.25, 0.3) is 0 Å². The summed E-state index contributed by atoms with van der Waals surface area (Å²) in [6, 6.07) is 3.55. The van der Waals surface area contributed by atoms with Crippen molar-refractivity contribution in [1.82, 2.24) is 10.6 Å². The normalized spacial score (nSPS) is 13.8. The number of benzene rings is 1. The molecule has 6 nitrogen and oxygen atoms in total. The molecule has 0 aromatic heterocycles. The predicted molar refractivity (Wildman–Crippen MR) is 91.4 cm³/mol. The van der Waals surface area contributed by atoms with Crippen molar-refractivity contribution in [3.63, 3.8) is 0 Å². The fourth-order valence-corrected chi connectivity index (χ4v) is 2.36. The van der Waals surface area contributed by atoms with Gasteiger partial charge < -0.3 is 20.1 Å². The number of carbonyl (C=O) groups excluding carboxylic acids is 2. The average Bonchev–Trinajstić information content (AvgIpc) is 2.75. The van der Waals surface area contributed by atoms with Crippen LogP contribution in [0.25, 0.3) is 0 Å². The second-order valence-electron chi connectivity index (χ2n) is 6.66.